The number of nitro groups is 1. The van der Waals surface area contributed by atoms with Crippen molar-refractivity contribution in [3.05, 3.63) is 75.8 Å². The van der Waals surface area contributed by atoms with Crippen molar-refractivity contribution in [3.63, 3.8) is 0 Å². The van der Waals surface area contributed by atoms with Crippen LogP contribution in [0.5, 0.6) is 0 Å². The molecule has 0 radical (unpaired) electrons. The monoisotopic (exact) mass is 422 g/mol. The van der Waals surface area contributed by atoms with Crippen molar-refractivity contribution >= 4 is 19.4 Å². The molecule has 10 heteroatoms. The number of carbonyl (C=O) groups is 1. The van der Waals surface area contributed by atoms with Crippen LogP contribution in [-0.2, 0) is 25.0 Å². The predicted octanol–water partition coefficient (Wildman–Crippen LogP) is 4.78. The molecule has 29 heavy (non-hydrogen) atoms. The van der Waals surface area contributed by atoms with Gasteiger partial charge in [0.05, 0.1) is 11.0 Å². The van der Waals surface area contributed by atoms with Crippen LogP contribution in [0, 0.1) is 10.1 Å². The van der Waals surface area contributed by atoms with E-state index in [0.29, 0.717) is 5.56 Å². The first kappa shape index (κ1) is 22.5. The molecular formula is C19H23N2O7P. The van der Waals surface area contributed by atoms with Crippen molar-refractivity contribution < 1.29 is 28.1 Å². The minimum absolute atomic E-state index is 0.0158. The average molecular weight is 422 g/mol. The van der Waals surface area contributed by atoms with Gasteiger partial charge in [-0.2, -0.15) is 0 Å². The Bertz CT molecular complexity index is 872. The van der Waals surface area contributed by atoms with Crippen molar-refractivity contribution in [1.29, 1.82) is 0 Å². The molecule has 2 aromatic carbocycles. The van der Waals surface area contributed by atoms with Crippen LogP contribution in [0.2, 0.25) is 0 Å². The maximum Gasteiger partial charge on any atom is 0.408 e. The second-order valence-corrected chi connectivity index (χ2v) is 8.51. The molecule has 2 rings (SSSR count). The van der Waals surface area contributed by atoms with Gasteiger partial charge < -0.3 is 19.1 Å². The number of non-ortho nitro benzene ring substituents is 1. The van der Waals surface area contributed by atoms with Gasteiger partial charge in [-0.1, -0.05) is 30.3 Å². The van der Waals surface area contributed by atoms with Crippen LogP contribution in [0.15, 0.2) is 54.6 Å². The third-order valence-corrected chi connectivity index (χ3v) is 6.10. The fourth-order valence-electron chi connectivity index (χ4n) is 2.50. The van der Waals surface area contributed by atoms with E-state index in [1.54, 1.807) is 26.0 Å². The van der Waals surface area contributed by atoms with E-state index >= 15 is 0 Å². The minimum atomic E-state index is -3.86. The van der Waals surface area contributed by atoms with E-state index < -0.39 is 30.5 Å². The molecule has 0 fully saturated rings. The van der Waals surface area contributed by atoms with Crippen molar-refractivity contribution in [3.8, 4) is 0 Å². The average Bonchev–Trinajstić information content (AvgIpc) is 2.70. The fourth-order valence-corrected chi connectivity index (χ4v) is 4.31. The second-order valence-electron chi connectivity index (χ2n) is 6.33. The number of hydrogen-bond donors (Lipinski definition) is 1. The molecule has 9 nitrogen and oxygen atoms in total. The van der Waals surface area contributed by atoms with Gasteiger partial charge in [0.2, 0.25) is 0 Å². The molecule has 0 aliphatic heterocycles. The Morgan fingerprint density at radius 1 is 1.14 bits per heavy atom. The van der Waals surface area contributed by atoms with Gasteiger partial charge in [0.25, 0.3) is 5.69 Å². The van der Waals surface area contributed by atoms with Crippen LogP contribution in [0.1, 0.15) is 30.8 Å². The third kappa shape index (κ3) is 6.39. The lowest BCUT2D eigenvalue weighted by Gasteiger charge is -2.28. The van der Waals surface area contributed by atoms with Crippen LogP contribution in [0.4, 0.5) is 10.5 Å². The number of carbonyl (C=O) groups excluding carboxylic acids is 1. The molecule has 0 bridgehead atoms. The number of rotatable bonds is 9. The Kier molecular flexibility index (Phi) is 7.90. The zero-order valence-electron chi connectivity index (χ0n) is 16.3. The Balaban J connectivity index is 2.24. The summed E-state index contributed by atoms with van der Waals surface area (Å²) in [7, 11) is -2.65. The summed E-state index contributed by atoms with van der Waals surface area (Å²) in [6.07, 6.45) is -1.29. The number of nitro benzene ring substituents is 1. The van der Waals surface area contributed by atoms with Crippen LogP contribution in [-0.4, -0.2) is 24.2 Å². The van der Waals surface area contributed by atoms with Crippen molar-refractivity contribution in [2.24, 2.45) is 0 Å². The van der Waals surface area contributed by atoms with Crippen LogP contribution >= 0.6 is 7.60 Å². The first-order valence-electron chi connectivity index (χ1n) is 8.80. The standard InChI is InChI=1S/C19H23N2O7P/c1-14(2)28-29(25,26-3)18(16-9-11-17(12-10-16)21(23)24)20-19(22)27-13-15-7-5-4-6-8-15/h4-12,14,18H,13H2,1-3H3,(H,20,22). The minimum Gasteiger partial charge on any atom is -0.445 e. The van der Waals surface area contributed by atoms with Gasteiger partial charge in [-0.25, -0.2) is 4.79 Å². The fraction of sp³-hybridized carbons (Fsp3) is 0.316. The topological polar surface area (TPSA) is 117 Å². The summed E-state index contributed by atoms with van der Waals surface area (Å²) in [5.41, 5.74) is 0.956. The Morgan fingerprint density at radius 2 is 1.76 bits per heavy atom. The first-order valence-corrected chi connectivity index (χ1v) is 10.4. The molecule has 0 aromatic heterocycles. The smallest absolute Gasteiger partial charge is 0.408 e. The lowest BCUT2D eigenvalue weighted by molar-refractivity contribution is -0.384. The third-order valence-electron chi connectivity index (χ3n) is 3.82. The highest BCUT2D eigenvalue weighted by Gasteiger charge is 2.39. The number of benzene rings is 2. The van der Waals surface area contributed by atoms with Gasteiger partial charge in [0, 0.05) is 19.2 Å². The molecule has 0 saturated carbocycles. The second kappa shape index (κ2) is 10.2. The number of hydrogen-bond acceptors (Lipinski definition) is 7. The molecule has 0 spiro atoms. The summed E-state index contributed by atoms with van der Waals surface area (Å²) in [6, 6.07) is 14.3. The summed E-state index contributed by atoms with van der Waals surface area (Å²) in [5, 5.41) is 13.4. The van der Waals surface area contributed by atoms with Gasteiger partial charge in [0.15, 0.2) is 5.78 Å². The Labute approximate surface area is 168 Å². The summed E-state index contributed by atoms with van der Waals surface area (Å²) < 4.78 is 29.1. The summed E-state index contributed by atoms with van der Waals surface area (Å²) in [4.78, 5) is 22.7. The van der Waals surface area contributed by atoms with Crippen molar-refractivity contribution in [1.82, 2.24) is 5.32 Å². The molecule has 2 aromatic rings. The molecule has 0 aliphatic carbocycles. The highest BCUT2D eigenvalue weighted by Crippen LogP contribution is 2.59. The van der Waals surface area contributed by atoms with Gasteiger partial charge in [-0.05, 0) is 37.1 Å². The summed E-state index contributed by atoms with van der Waals surface area (Å²) in [6.45, 7) is 3.36. The van der Waals surface area contributed by atoms with E-state index in [-0.39, 0.29) is 12.3 Å². The molecule has 1 N–H and O–H groups in total. The predicted molar refractivity (Wildman–Crippen MR) is 106 cm³/mol. The van der Waals surface area contributed by atoms with Crippen LogP contribution < -0.4 is 5.32 Å². The summed E-state index contributed by atoms with van der Waals surface area (Å²) in [5.74, 6) is -1.21. The maximum atomic E-state index is 13.3. The zero-order chi connectivity index (χ0) is 21.4. The lowest BCUT2D eigenvalue weighted by atomic mass is 10.2. The van der Waals surface area contributed by atoms with E-state index in [1.807, 2.05) is 18.2 Å². The Hall–Kier alpha value is -2.74. The number of alkyl carbamates (subject to hydrolysis) is 1. The van der Waals surface area contributed by atoms with Gasteiger partial charge >= 0.3 is 13.7 Å². The molecule has 2 unspecified atom stereocenters. The molecule has 0 aliphatic rings. The van der Waals surface area contributed by atoms with Crippen LogP contribution in [0.25, 0.3) is 0 Å². The van der Waals surface area contributed by atoms with Gasteiger partial charge in [-0.3, -0.25) is 14.7 Å². The summed E-state index contributed by atoms with van der Waals surface area (Å²) >= 11 is 0. The number of nitrogens with one attached hydrogen (secondary N) is 1. The van der Waals surface area contributed by atoms with Crippen molar-refractivity contribution in [2.75, 3.05) is 7.11 Å². The SMILES string of the molecule is COP(=O)(OC(C)C)C(NC(=O)OCc1ccccc1)c1ccc([N+](=O)[O-])cc1. The lowest BCUT2D eigenvalue weighted by Crippen LogP contribution is -2.30. The van der Waals surface area contributed by atoms with Crippen LogP contribution in [0.3, 0.4) is 0 Å². The largest absolute Gasteiger partial charge is 0.445 e. The Morgan fingerprint density at radius 3 is 2.28 bits per heavy atom. The highest BCUT2D eigenvalue weighted by atomic mass is 31.2. The molecule has 0 saturated heterocycles. The number of ether oxygens (including phenoxy) is 1. The molecule has 156 valence electrons. The number of nitrogens with zero attached hydrogens (tertiary/aromatic N) is 1. The van der Waals surface area contributed by atoms with E-state index in [4.69, 9.17) is 13.8 Å². The van der Waals surface area contributed by atoms with Gasteiger partial charge in [-0.15, -0.1) is 0 Å². The van der Waals surface area contributed by atoms with E-state index in [2.05, 4.69) is 5.32 Å². The van der Waals surface area contributed by atoms with E-state index in [1.165, 1.54) is 31.4 Å². The van der Waals surface area contributed by atoms with Crippen molar-refractivity contribution in [2.45, 2.75) is 32.3 Å². The quantitative estimate of drug-likeness (QED) is 0.351. The van der Waals surface area contributed by atoms with E-state index in [0.717, 1.165) is 5.56 Å². The molecule has 2 atom stereocenters. The number of amides is 1. The maximum absolute atomic E-state index is 13.3. The molecular weight excluding hydrogens is 399 g/mol. The normalized spacial score (nSPS) is 14.1. The zero-order valence-corrected chi connectivity index (χ0v) is 17.2. The highest BCUT2D eigenvalue weighted by molar-refractivity contribution is 7.54. The van der Waals surface area contributed by atoms with Gasteiger partial charge in [0.1, 0.15) is 6.61 Å². The van der Waals surface area contributed by atoms with E-state index in [9.17, 15) is 19.5 Å². The first-order chi connectivity index (χ1) is 13.7. The molecule has 0 heterocycles. The molecule has 1 amide bonds.